The van der Waals surface area contributed by atoms with Crippen molar-refractivity contribution in [3.63, 3.8) is 0 Å². The lowest BCUT2D eigenvalue weighted by Gasteiger charge is -2.09. The standard InChI is InChI=1S/C13H11IN2O4S/c1-8-3-2-4-12(15-8)16-21(19,20)9-5-6-11(14)10(7-9)13(17)18/h2-7H,1H3,(H,15,16)(H,17,18). The minimum Gasteiger partial charge on any atom is -0.478 e. The summed E-state index contributed by atoms with van der Waals surface area (Å²) in [6, 6.07) is 8.87. The van der Waals surface area contributed by atoms with Crippen LogP contribution in [-0.2, 0) is 10.0 Å². The van der Waals surface area contributed by atoms with Crippen LogP contribution in [0.1, 0.15) is 16.1 Å². The molecule has 21 heavy (non-hydrogen) atoms. The van der Waals surface area contributed by atoms with Crippen LogP contribution in [0.2, 0.25) is 0 Å². The van der Waals surface area contributed by atoms with E-state index in [9.17, 15) is 13.2 Å². The van der Waals surface area contributed by atoms with Crippen molar-refractivity contribution in [2.24, 2.45) is 0 Å². The summed E-state index contributed by atoms with van der Waals surface area (Å²) in [5.74, 6) is -0.990. The van der Waals surface area contributed by atoms with E-state index in [0.29, 0.717) is 9.26 Å². The smallest absolute Gasteiger partial charge is 0.336 e. The maximum absolute atomic E-state index is 12.3. The Labute approximate surface area is 135 Å². The number of sulfonamides is 1. The molecule has 1 aromatic carbocycles. The van der Waals surface area contributed by atoms with E-state index in [1.807, 2.05) is 22.6 Å². The molecule has 0 atom stereocenters. The topological polar surface area (TPSA) is 96.4 Å². The molecule has 110 valence electrons. The van der Waals surface area contributed by atoms with Gasteiger partial charge in [0, 0.05) is 9.26 Å². The number of benzene rings is 1. The van der Waals surface area contributed by atoms with E-state index in [-0.39, 0.29) is 16.3 Å². The number of carbonyl (C=O) groups is 1. The number of rotatable bonds is 4. The molecule has 0 saturated carbocycles. The van der Waals surface area contributed by atoms with Crippen molar-refractivity contribution in [1.82, 2.24) is 4.98 Å². The van der Waals surface area contributed by atoms with Crippen LogP contribution in [0.15, 0.2) is 41.3 Å². The minimum atomic E-state index is -3.88. The van der Waals surface area contributed by atoms with Gasteiger partial charge < -0.3 is 5.11 Å². The number of aromatic nitrogens is 1. The number of hydrogen-bond donors (Lipinski definition) is 2. The first-order valence-electron chi connectivity index (χ1n) is 5.79. The number of nitrogens with one attached hydrogen (secondary N) is 1. The van der Waals surface area contributed by atoms with Gasteiger partial charge in [-0.25, -0.2) is 18.2 Å². The summed E-state index contributed by atoms with van der Waals surface area (Å²) in [5, 5.41) is 9.05. The highest BCUT2D eigenvalue weighted by molar-refractivity contribution is 14.1. The van der Waals surface area contributed by atoms with Crippen LogP contribution in [-0.4, -0.2) is 24.5 Å². The fourth-order valence-electron chi connectivity index (χ4n) is 1.63. The predicted octanol–water partition coefficient (Wildman–Crippen LogP) is 2.49. The molecule has 0 spiro atoms. The molecule has 2 rings (SSSR count). The predicted molar refractivity (Wildman–Crippen MR) is 85.9 cm³/mol. The van der Waals surface area contributed by atoms with Gasteiger partial charge in [0.15, 0.2) is 0 Å². The fourth-order valence-corrected chi connectivity index (χ4v) is 3.23. The second-order valence-electron chi connectivity index (χ2n) is 4.22. The average molecular weight is 418 g/mol. The normalized spacial score (nSPS) is 11.1. The van der Waals surface area contributed by atoms with Gasteiger partial charge in [0.05, 0.1) is 10.5 Å². The quantitative estimate of drug-likeness (QED) is 0.744. The van der Waals surface area contributed by atoms with E-state index in [4.69, 9.17) is 5.11 Å². The van der Waals surface area contributed by atoms with Gasteiger partial charge in [-0.15, -0.1) is 0 Å². The fraction of sp³-hybridized carbons (Fsp3) is 0.0769. The molecule has 6 nitrogen and oxygen atoms in total. The van der Waals surface area contributed by atoms with Gasteiger partial charge in [-0.3, -0.25) is 4.72 Å². The van der Waals surface area contributed by atoms with E-state index >= 15 is 0 Å². The van der Waals surface area contributed by atoms with Crippen LogP contribution in [0, 0.1) is 10.5 Å². The Bertz CT molecular complexity index is 806. The van der Waals surface area contributed by atoms with E-state index < -0.39 is 16.0 Å². The maximum atomic E-state index is 12.3. The zero-order valence-electron chi connectivity index (χ0n) is 10.9. The zero-order chi connectivity index (χ0) is 15.6. The highest BCUT2D eigenvalue weighted by atomic mass is 127. The van der Waals surface area contributed by atoms with E-state index in [1.165, 1.54) is 18.2 Å². The van der Waals surface area contributed by atoms with Gasteiger partial charge in [0.1, 0.15) is 5.82 Å². The monoisotopic (exact) mass is 418 g/mol. The SMILES string of the molecule is Cc1cccc(NS(=O)(=O)c2ccc(I)c(C(=O)O)c2)n1. The molecule has 1 heterocycles. The molecule has 0 radical (unpaired) electrons. The maximum Gasteiger partial charge on any atom is 0.336 e. The first-order chi connectivity index (χ1) is 9.79. The van der Waals surface area contributed by atoms with Crippen LogP contribution >= 0.6 is 22.6 Å². The van der Waals surface area contributed by atoms with Crippen molar-refractivity contribution >= 4 is 44.4 Å². The molecule has 2 aromatic rings. The van der Waals surface area contributed by atoms with Crippen molar-refractivity contribution in [2.45, 2.75) is 11.8 Å². The lowest BCUT2D eigenvalue weighted by molar-refractivity contribution is 0.0695. The van der Waals surface area contributed by atoms with Gasteiger partial charge >= 0.3 is 5.97 Å². The van der Waals surface area contributed by atoms with E-state index in [2.05, 4.69) is 9.71 Å². The third-order valence-corrected chi connectivity index (χ3v) is 4.90. The summed E-state index contributed by atoms with van der Waals surface area (Å²) in [6.07, 6.45) is 0. The molecule has 0 unspecified atom stereocenters. The van der Waals surface area contributed by atoms with Crippen LogP contribution in [0.5, 0.6) is 0 Å². The summed E-state index contributed by atoms with van der Waals surface area (Å²) in [6.45, 7) is 1.74. The van der Waals surface area contributed by atoms with Gasteiger partial charge in [0.25, 0.3) is 10.0 Å². The Morgan fingerprint density at radius 3 is 2.62 bits per heavy atom. The Morgan fingerprint density at radius 2 is 2.00 bits per heavy atom. The summed E-state index contributed by atoms with van der Waals surface area (Å²) in [5.41, 5.74) is 0.611. The molecule has 0 aliphatic carbocycles. The number of carboxylic acids is 1. The lowest BCUT2D eigenvalue weighted by Crippen LogP contribution is -2.15. The Morgan fingerprint density at radius 1 is 1.29 bits per heavy atom. The molecular weight excluding hydrogens is 407 g/mol. The summed E-state index contributed by atoms with van der Waals surface area (Å²) < 4.78 is 27.3. The molecule has 0 aliphatic rings. The van der Waals surface area contributed by atoms with Gasteiger partial charge in [-0.05, 0) is 59.8 Å². The molecule has 2 N–H and O–H groups in total. The summed E-state index contributed by atoms with van der Waals surface area (Å²) >= 11 is 1.84. The van der Waals surface area contributed by atoms with Crippen molar-refractivity contribution < 1.29 is 18.3 Å². The molecule has 0 aliphatic heterocycles. The number of hydrogen-bond acceptors (Lipinski definition) is 4. The highest BCUT2D eigenvalue weighted by Gasteiger charge is 2.18. The average Bonchev–Trinajstić information content (AvgIpc) is 2.38. The van der Waals surface area contributed by atoms with Crippen LogP contribution in [0.4, 0.5) is 5.82 Å². The van der Waals surface area contributed by atoms with E-state index in [1.54, 1.807) is 19.1 Å². The van der Waals surface area contributed by atoms with Crippen LogP contribution in [0.3, 0.4) is 0 Å². The number of aromatic carboxylic acids is 1. The van der Waals surface area contributed by atoms with Crippen LogP contribution in [0.25, 0.3) is 0 Å². The summed E-state index contributed by atoms with van der Waals surface area (Å²) in [7, 11) is -3.88. The van der Waals surface area contributed by atoms with Crippen molar-refractivity contribution in [2.75, 3.05) is 4.72 Å². The Balaban J connectivity index is 2.40. The van der Waals surface area contributed by atoms with Crippen molar-refractivity contribution in [1.29, 1.82) is 0 Å². The minimum absolute atomic E-state index is 0.0596. The number of halogens is 1. The largest absolute Gasteiger partial charge is 0.478 e. The molecular formula is C13H11IN2O4S. The molecule has 1 aromatic heterocycles. The third-order valence-electron chi connectivity index (χ3n) is 2.61. The number of anilines is 1. The second-order valence-corrected chi connectivity index (χ2v) is 7.06. The first kappa shape index (κ1) is 15.7. The first-order valence-corrected chi connectivity index (χ1v) is 8.35. The molecule has 0 bridgehead atoms. The molecule has 0 amide bonds. The Kier molecular flexibility index (Phi) is 4.47. The lowest BCUT2D eigenvalue weighted by atomic mass is 10.2. The molecule has 0 fully saturated rings. The van der Waals surface area contributed by atoms with Gasteiger partial charge in [-0.2, -0.15) is 0 Å². The highest BCUT2D eigenvalue weighted by Crippen LogP contribution is 2.20. The third kappa shape index (κ3) is 3.70. The number of carboxylic acid groups (broad SMARTS) is 1. The summed E-state index contributed by atoms with van der Waals surface area (Å²) in [4.78, 5) is 15.0. The van der Waals surface area contributed by atoms with Gasteiger partial charge in [0.2, 0.25) is 0 Å². The van der Waals surface area contributed by atoms with Crippen LogP contribution < -0.4 is 4.72 Å². The second kappa shape index (κ2) is 5.98. The number of nitrogens with zero attached hydrogens (tertiary/aromatic N) is 1. The molecule has 0 saturated heterocycles. The van der Waals surface area contributed by atoms with Gasteiger partial charge in [-0.1, -0.05) is 6.07 Å². The number of pyridine rings is 1. The van der Waals surface area contributed by atoms with Crippen molar-refractivity contribution in [3.8, 4) is 0 Å². The number of aryl methyl sites for hydroxylation is 1. The Hall–Kier alpha value is -1.68. The van der Waals surface area contributed by atoms with E-state index in [0.717, 1.165) is 6.07 Å². The molecule has 8 heteroatoms. The zero-order valence-corrected chi connectivity index (χ0v) is 13.8. The van der Waals surface area contributed by atoms with Crippen molar-refractivity contribution in [3.05, 3.63) is 51.2 Å².